The molecule has 0 amide bonds. The molecule has 3 aromatic rings. The fourth-order valence-electron chi connectivity index (χ4n) is 6.26. The molecule has 3 heterocycles. The summed E-state index contributed by atoms with van der Waals surface area (Å²) in [7, 11) is 0. The van der Waals surface area contributed by atoms with Crippen LogP contribution in [0.15, 0.2) is 42.7 Å². The Balaban J connectivity index is 1.29. The van der Waals surface area contributed by atoms with Crippen molar-refractivity contribution in [2.75, 3.05) is 37.6 Å². The predicted molar refractivity (Wildman–Crippen MR) is 167 cm³/mol. The maximum atomic E-state index is 15.4. The van der Waals surface area contributed by atoms with E-state index in [0.29, 0.717) is 53.3 Å². The summed E-state index contributed by atoms with van der Waals surface area (Å²) in [6, 6.07) is 9.17. The van der Waals surface area contributed by atoms with Gasteiger partial charge in [-0.05, 0) is 89.8 Å². The summed E-state index contributed by atoms with van der Waals surface area (Å²) in [6.45, 7) is 8.75. The van der Waals surface area contributed by atoms with Crippen LogP contribution in [0.25, 0.3) is 11.4 Å². The molecule has 2 aliphatic heterocycles. The lowest BCUT2D eigenvalue weighted by Crippen LogP contribution is -2.58. The van der Waals surface area contributed by atoms with Crippen LogP contribution >= 0.6 is 32.3 Å². The summed E-state index contributed by atoms with van der Waals surface area (Å²) in [5.41, 5.74) is 2.92. The van der Waals surface area contributed by atoms with E-state index in [1.165, 1.54) is 6.07 Å². The van der Waals surface area contributed by atoms with Crippen LogP contribution in [0.2, 0.25) is 5.02 Å². The number of hydrogen-bond acceptors (Lipinski definition) is 4. The normalized spacial score (nSPS) is 19.9. The van der Waals surface area contributed by atoms with Gasteiger partial charge < -0.3 is 9.88 Å². The van der Waals surface area contributed by atoms with Gasteiger partial charge in [-0.1, -0.05) is 29.1 Å². The van der Waals surface area contributed by atoms with Crippen molar-refractivity contribution < 1.29 is 13.2 Å². The Morgan fingerprint density at radius 3 is 2.58 bits per heavy atom. The van der Waals surface area contributed by atoms with Gasteiger partial charge >= 0.3 is 3.93 Å². The van der Waals surface area contributed by atoms with Gasteiger partial charge in [-0.15, -0.1) is 0 Å². The van der Waals surface area contributed by atoms with E-state index in [1.54, 1.807) is 30.6 Å². The molecule has 2 saturated heterocycles. The average molecular weight is 686 g/mol. The van der Waals surface area contributed by atoms with Crippen molar-refractivity contribution in [2.24, 2.45) is 0 Å². The first-order valence-electron chi connectivity index (χ1n) is 13.8. The van der Waals surface area contributed by atoms with Crippen LogP contribution < -0.4 is 4.90 Å². The predicted octanol–water partition coefficient (Wildman–Crippen LogP) is 7.19. The number of hydrogen-bond donors (Lipinski definition) is 1. The van der Waals surface area contributed by atoms with Crippen molar-refractivity contribution >= 4 is 42.5 Å². The summed E-state index contributed by atoms with van der Waals surface area (Å²) in [5.74, 6) is 0.338. The Hall–Kier alpha value is -1.95. The van der Waals surface area contributed by atoms with Crippen LogP contribution in [0.3, 0.4) is 0 Å². The third-order valence-corrected chi connectivity index (χ3v) is 10.1. The molecule has 2 fully saturated rings. The Morgan fingerprint density at radius 2 is 1.93 bits per heavy atom. The third-order valence-electron chi connectivity index (χ3n) is 8.30. The molecule has 1 aromatic heterocycles. The summed E-state index contributed by atoms with van der Waals surface area (Å²) in [5, 5.41) is 0.414. The van der Waals surface area contributed by atoms with Gasteiger partial charge in [-0.2, -0.15) is 8.78 Å². The van der Waals surface area contributed by atoms with Gasteiger partial charge in [0, 0.05) is 72.5 Å². The van der Waals surface area contributed by atoms with Gasteiger partial charge in [0.25, 0.3) is 0 Å². The Bertz CT molecular complexity index is 1330. The fraction of sp³-hybridized carbons (Fsp3) is 0.467. The van der Waals surface area contributed by atoms with Crippen molar-refractivity contribution in [1.82, 2.24) is 19.8 Å². The molecule has 216 valence electrons. The van der Waals surface area contributed by atoms with E-state index in [-0.39, 0.29) is 17.4 Å². The highest BCUT2D eigenvalue weighted by atomic mass is 127. The van der Waals surface area contributed by atoms with Crippen molar-refractivity contribution in [3.63, 3.8) is 0 Å². The first kappa shape index (κ1) is 29.5. The minimum Gasteiger partial charge on any atom is -0.368 e. The summed E-state index contributed by atoms with van der Waals surface area (Å²) in [4.78, 5) is 14.4. The molecule has 0 aliphatic carbocycles. The molecule has 40 heavy (non-hydrogen) atoms. The van der Waals surface area contributed by atoms with Gasteiger partial charge in [-0.25, -0.2) is 9.37 Å². The number of piperidine rings is 1. The summed E-state index contributed by atoms with van der Waals surface area (Å²) < 4.78 is 45.8. The molecule has 0 unspecified atom stereocenters. The topological polar surface area (TPSA) is 38.4 Å². The zero-order valence-corrected chi connectivity index (χ0v) is 25.9. The number of piperazine rings is 1. The largest absolute Gasteiger partial charge is 0.368 e. The van der Waals surface area contributed by atoms with Gasteiger partial charge in [-0.3, -0.25) is 9.80 Å². The number of aromatic nitrogens is 2. The van der Waals surface area contributed by atoms with Crippen molar-refractivity contribution in [3.05, 3.63) is 70.3 Å². The summed E-state index contributed by atoms with van der Waals surface area (Å²) in [6.07, 6.45) is 6.31. The lowest BCUT2D eigenvalue weighted by Gasteiger charge is -2.48. The second-order valence-corrected chi connectivity index (χ2v) is 13.3. The third kappa shape index (κ3) is 6.27. The van der Waals surface area contributed by atoms with E-state index in [4.69, 9.17) is 11.6 Å². The molecule has 0 saturated carbocycles. The number of H-pyrrole nitrogens is 1. The zero-order chi connectivity index (χ0) is 28.4. The highest BCUT2D eigenvalue weighted by Crippen LogP contribution is 2.46. The standard InChI is InChI=1S/C30H36ClF3IN5/c1-4-24-19-39(28-20(2)15-22(29-36-9-10-37-29)16-26(28)30(33,34)35-3)13-14-40(24)25-7-11-38(12-8-25)18-21-5-6-23(31)17-27(21)32/h5-6,9-10,15-17,24-25H,3-4,7-8,11-14,18-19H2,1-2H3,(H,36,37)/t24-/m0/s1. The molecule has 1 atom stereocenters. The van der Waals surface area contributed by atoms with Crippen LogP contribution in [0.1, 0.15) is 42.9 Å². The van der Waals surface area contributed by atoms with Crippen molar-refractivity contribution in [1.29, 1.82) is 0 Å². The number of alkyl halides is 3. The van der Waals surface area contributed by atoms with E-state index in [1.807, 2.05) is 13.0 Å². The molecular formula is C30H36ClF3IN5. The highest BCUT2D eigenvalue weighted by molar-refractivity contribution is 14.2. The number of likely N-dealkylation sites (tertiary alicyclic amines) is 1. The maximum Gasteiger partial charge on any atom is 0.318 e. The smallest absolute Gasteiger partial charge is 0.318 e. The lowest BCUT2D eigenvalue weighted by molar-refractivity contribution is 0.0605. The number of imidazole rings is 1. The number of aryl methyl sites for hydroxylation is 1. The van der Waals surface area contributed by atoms with Gasteiger partial charge in [0.05, 0.1) is 5.56 Å². The van der Waals surface area contributed by atoms with Crippen molar-refractivity contribution in [3.8, 4) is 11.4 Å². The lowest BCUT2D eigenvalue weighted by atomic mass is 9.96. The second-order valence-electron chi connectivity index (χ2n) is 10.7. The molecule has 2 aliphatic rings. The number of rotatable bonds is 8. The number of nitrogens with one attached hydrogen (secondary N) is 1. The molecule has 0 spiro atoms. The Labute approximate surface area is 249 Å². The van der Waals surface area contributed by atoms with E-state index in [0.717, 1.165) is 44.5 Å². The number of nitrogens with zero attached hydrogens (tertiary/aromatic N) is 4. The minimum absolute atomic E-state index is 0.0766. The number of aromatic amines is 1. The molecule has 10 heteroatoms. The number of halogens is 5. The van der Waals surface area contributed by atoms with Crippen LogP contribution in [0.5, 0.6) is 0 Å². The number of benzene rings is 2. The first-order chi connectivity index (χ1) is 19.2. The quantitative estimate of drug-likeness (QED) is 0.201. The van der Waals surface area contributed by atoms with Crippen molar-refractivity contribution in [2.45, 2.75) is 55.7 Å². The molecular weight excluding hydrogens is 650 g/mol. The molecule has 5 nitrogen and oxygen atoms in total. The molecule has 1 N–H and O–H groups in total. The summed E-state index contributed by atoms with van der Waals surface area (Å²) >= 11 is 4.32. The van der Waals surface area contributed by atoms with Crippen LogP contribution in [0.4, 0.5) is 18.9 Å². The van der Waals surface area contributed by atoms with E-state index in [2.05, 4.69) is 36.1 Å². The monoisotopic (exact) mass is 685 g/mol. The molecule has 5 rings (SSSR count). The molecule has 0 radical (unpaired) electrons. The Morgan fingerprint density at radius 1 is 1.15 bits per heavy atom. The second kappa shape index (κ2) is 12.5. The van der Waals surface area contributed by atoms with E-state index < -0.39 is 24.7 Å². The maximum absolute atomic E-state index is 15.4. The fourth-order valence-corrected chi connectivity index (χ4v) is 7.24. The number of anilines is 1. The van der Waals surface area contributed by atoms with E-state index in [9.17, 15) is 4.39 Å². The SMILES string of the molecule is C=IC(F)(F)c1cc(-c2ncc[nH]2)cc(C)c1N1CCN(C2CCN(Cc3ccc(Cl)cc3F)CC2)[C@@H](CC)C1. The average Bonchev–Trinajstić information content (AvgIpc) is 3.49. The van der Waals surface area contributed by atoms with Gasteiger partial charge in [0.2, 0.25) is 0 Å². The highest BCUT2D eigenvalue weighted by Gasteiger charge is 2.38. The molecule has 0 bridgehead atoms. The van der Waals surface area contributed by atoms with Crippen LogP contribution in [-0.2, 0) is 10.5 Å². The first-order valence-corrected chi connectivity index (χ1v) is 16.8. The minimum atomic E-state index is -2.93. The molecule has 2 aromatic carbocycles. The van der Waals surface area contributed by atoms with Gasteiger partial charge in [0.1, 0.15) is 11.6 Å². The zero-order valence-electron chi connectivity index (χ0n) is 22.9. The van der Waals surface area contributed by atoms with E-state index >= 15 is 8.78 Å². The van der Waals surface area contributed by atoms with Crippen LogP contribution in [0, 0.1) is 12.7 Å². The van der Waals surface area contributed by atoms with Crippen LogP contribution in [-0.4, -0.2) is 69.1 Å². The van der Waals surface area contributed by atoms with Gasteiger partial charge in [0.15, 0.2) is 0 Å². The Kier molecular flexibility index (Phi) is 9.24.